The third kappa shape index (κ3) is 4.34. The van der Waals surface area contributed by atoms with Crippen LogP contribution >= 0.6 is 0 Å². The van der Waals surface area contributed by atoms with Gasteiger partial charge in [0.05, 0.1) is 6.61 Å². The van der Waals surface area contributed by atoms with Gasteiger partial charge in [-0.2, -0.15) is 10.2 Å². The minimum atomic E-state index is -0.611. The molecule has 0 amide bonds. The number of benzene rings is 1. The quantitative estimate of drug-likeness (QED) is 0.789. The number of aromatic nitrogens is 2. The van der Waals surface area contributed by atoms with Gasteiger partial charge in [0.25, 0.3) is 0 Å². The smallest absolute Gasteiger partial charge is 0.237 e. The van der Waals surface area contributed by atoms with Crippen molar-refractivity contribution >= 4 is 5.82 Å². The number of ether oxygens (including phenoxy) is 3. The summed E-state index contributed by atoms with van der Waals surface area (Å²) in [6.07, 6.45) is 1.65. The molecular weight excluding hydrogens is 368 g/mol. The number of hydrogen-bond donors (Lipinski definition) is 0. The first kappa shape index (κ1) is 19.6. The Bertz CT molecular complexity index is 911. The first-order valence-corrected chi connectivity index (χ1v) is 10.0. The summed E-state index contributed by atoms with van der Waals surface area (Å²) in [5.74, 6) is 0.927. The molecule has 29 heavy (non-hydrogen) atoms. The lowest BCUT2D eigenvalue weighted by atomic mass is 10.0. The maximum Gasteiger partial charge on any atom is 0.237 e. The molecule has 1 aromatic heterocycles. The van der Waals surface area contributed by atoms with Gasteiger partial charge in [-0.1, -0.05) is 24.3 Å². The van der Waals surface area contributed by atoms with E-state index >= 15 is 0 Å². The second kappa shape index (κ2) is 7.97. The Labute approximate surface area is 171 Å². The van der Waals surface area contributed by atoms with Crippen molar-refractivity contribution in [3.8, 4) is 11.9 Å². The molecule has 0 spiro atoms. The van der Waals surface area contributed by atoms with Crippen molar-refractivity contribution in [3.63, 3.8) is 0 Å². The van der Waals surface area contributed by atoms with E-state index in [0.717, 1.165) is 25.9 Å². The molecule has 0 saturated carbocycles. The number of rotatable bonds is 4. The van der Waals surface area contributed by atoms with Crippen molar-refractivity contribution in [1.82, 2.24) is 9.97 Å². The summed E-state index contributed by atoms with van der Waals surface area (Å²) in [7, 11) is 0. The lowest BCUT2D eigenvalue weighted by Crippen LogP contribution is -2.29. The highest BCUT2D eigenvalue weighted by atomic mass is 16.7. The molecule has 0 aliphatic carbocycles. The highest BCUT2D eigenvalue weighted by Gasteiger charge is 2.33. The molecule has 1 fully saturated rings. The Kier molecular flexibility index (Phi) is 5.39. The topological polar surface area (TPSA) is 80.5 Å². The van der Waals surface area contributed by atoms with E-state index in [-0.39, 0.29) is 12.7 Å². The predicted octanol–water partition coefficient (Wildman–Crippen LogP) is 2.79. The van der Waals surface area contributed by atoms with Crippen LogP contribution in [-0.2, 0) is 22.3 Å². The number of hydrogen-bond acceptors (Lipinski definition) is 7. The average molecular weight is 394 g/mol. The van der Waals surface area contributed by atoms with Crippen LogP contribution in [0.15, 0.2) is 24.3 Å². The van der Waals surface area contributed by atoms with Gasteiger partial charge in [-0.3, -0.25) is 0 Å². The van der Waals surface area contributed by atoms with Crippen molar-refractivity contribution in [2.45, 2.75) is 45.5 Å². The summed E-state index contributed by atoms with van der Waals surface area (Å²) >= 11 is 0. The van der Waals surface area contributed by atoms with E-state index in [1.807, 2.05) is 20.8 Å². The van der Waals surface area contributed by atoms with Crippen LogP contribution in [0.5, 0.6) is 5.88 Å². The third-order valence-electron chi connectivity index (χ3n) is 5.27. The van der Waals surface area contributed by atoms with Gasteiger partial charge >= 0.3 is 0 Å². The summed E-state index contributed by atoms with van der Waals surface area (Å²) in [5, 5.41) is 9.85. The first-order valence-electron chi connectivity index (χ1n) is 10.0. The van der Waals surface area contributed by atoms with Crippen LogP contribution < -0.4 is 9.64 Å². The van der Waals surface area contributed by atoms with Crippen LogP contribution in [0.25, 0.3) is 0 Å². The van der Waals surface area contributed by atoms with E-state index in [0.29, 0.717) is 29.7 Å². The predicted molar refractivity (Wildman–Crippen MR) is 108 cm³/mol. The monoisotopic (exact) mass is 394 g/mol. The normalized spacial score (nSPS) is 20.6. The Balaban J connectivity index is 1.54. The highest BCUT2D eigenvalue weighted by Crippen LogP contribution is 2.29. The zero-order chi connectivity index (χ0) is 20.4. The largest absolute Gasteiger partial charge is 0.474 e. The van der Waals surface area contributed by atoms with E-state index < -0.39 is 5.79 Å². The van der Waals surface area contributed by atoms with Gasteiger partial charge in [-0.15, -0.1) is 0 Å². The van der Waals surface area contributed by atoms with Gasteiger partial charge in [0.15, 0.2) is 17.2 Å². The molecule has 2 aromatic rings. The zero-order valence-corrected chi connectivity index (χ0v) is 17.1. The minimum absolute atomic E-state index is 0.192. The molecule has 2 aliphatic rings. The second-order valence-corrected chi connectivity index (χ2v) is 7.90. The SMILES string of the molecule is Cc1nc(OC[C@@H]2COC(C)(C)O2)c(C#N)c(N2CCc3ccccc3CC2)n1. The van der Waals surface area contributed by atoms with Crippen LogP contribution in [0.1, 0.15) is 36.4 Å². The summed E-state index contributed by atoms with van der Waals surface area (Å²) in [5.41, 5.74) is 3.09. The van der Waals surface area contributed by atoms with Gasteiger partial charge in [-0.05, 0) is 44.7 Å². The average Bonchev–Trinajstić information content (AvgIpc) is 2.92. The van der Waals surface area contributed by atoms with Crippen LogP contribution in [0.4, 0.5) is 5.82 Å². The van der Waals surface area contributed by atoms with Gasteiger partial charge < -0.3 is 19.1 Å². The lowest BCUT2D eigenvalue weighted by Gasteiger charge is -2.24. The van der Waals surface area contributed by atoms with E-state index in [2.05, 4.69) is 45.2 Å². The van der Waals surface area contributed by atoms with E-state index in [4.69, 9.17) is 14.2 Å². The number of fused-ring (bicyclic) bond motifs is 1. The molecule has 4 rings (SSSR count). The van der Waals surface area contributed by atoms with Crippen molar-refractivity contribution in [3.05, 3.63) is 46.8 Å². The highest BCUT2D eigenvalue weighted by molar-refractivity contribution is 5.59. The lowest BCUT2D eigenvalue weighted by molar-refractivity contribution is -0.141. The summed E-state index contributed by atoms with van der Waals surface area (Å²) in [4.78, 5) is 11.1. The summed E-state index contributed by atoms with van der Waals surface area (Å²) in [6.45, 7) is 7.90. The van der Waals surface area contributed by atoms with Crippen molar-refractivity contribution in [2.75, 3.05) is 31.2 Å². The fourth-order valence-corrected chi connectivity index (χ4v) is 3.86. The molecule has 2 aliphatic heterocycles. The van der Waals surface area contributed by atoms with Crippen LogP contribution in [0.3, 0.4) is 0 Å². The van der Waals surface area contributed by atoms with Gasteiger partial charge in [0, 0.05) is 13.1 Å². The molecule has 7 heteroatoms. The Hall–Kier alpha value is -2.69. The van der Waals surface area contributed by atoms with Gasteiger partial charge in [0.1, 0.15) is 24.6 Å². The van der Waals surface area contributed by atoms with Crippen LogP contribution in [-0.4, -0.2) is 48.2 Å². The fourth-order valence-electron chi connectivity index (χ4n) is 3.86. The van der Waals surface area contributed by atoms with Crippen molar-refractivity contribution in [2.24, 2.45) is 0 Å². The molecular formula is C22H26N4O3. The van der Waals surface area contributed by atoms with Crippen molar-refractivity contribution < 1.29 is 14.2 Å². The number of aryl methyl sites for hydroxylation is 1. The maximum absolute atomic E-state index is 9.85. The molecule has 0 radical (unpaired) electrons. The second-order valence-electron chi connectivity index (χ2n) is 7.90. The number of nitrogens with zero attached hydrogens (tertiary/aromatic N) is 4. The fraction of sp³-hybridized carbons (Fsp3) is 0.500. The standard InChI is InChI=1S/C22H26N4O3/c1-15-24-20(26-10-8-16-6-4-5-7-17(16)9-11-26)19(12-23)21(25-15)27-13-18-14-28-22(2,3)29-18/h4-7,18H,8-11,13-14H2,1-3H3/t18-/m1/s1. The van der Waals surface area contributed by atoms with E-state index in [9.17, 15) is 5.26 Å². The van der Waals surface area contributed by atoms with Crippen LogP contribution in [0, 0.1) is 18.3 Å². The Morgan fingerprint density at radius 3 is 2.48 bits per heavy atom. The molecule has 152 valence electrons. The first-order chi connectivity index (χ1) is 13.9. The third-order valence-corrected chi connectivity index (χ3v) is 5.27. The van der Waals surface area contributed by atoms with Gasteiger partial charge in [-0.25, -0.2) is 4.98 Å². The molecule has 7 nitrogen and oxygen atoms in total. The molecule has 3 heterocycles. The Morgan fingerprint density at radius 1 is 1.21 bits per heavy atom. The molecule has 0 N–H and O–H groups in total. The van der Waals surface area contributed by atoms with Gasteiger partial charge in [0.2, 0.25) is 5.88 Å². The molecule has 1 aromatic carbocycles. The van der Waals surface area contributed by atoms with Crippen LogP contribution in [0.2, 0.25) is 0 Å². The molecule has 1 saturated heterocycles. The molecule has 0 unspecified atom stereocenters. The van der Waals surface area contributed by atoms with E-state index in [1.54, 1.807) is 0 Å². The Morgan fingerprint density at radius 2 is 1.90 bits per heavy atom. The summed E-state index contributed by atoms with van der Waals surface area (Å²) in [6, 6.07) is 10.8. The number of nitriles is 1. The maximum atomic E-state index is 9.85. The molecule has 1 atom stereocenters. The minimum Gasteiger partial charge on any atom is -0.474 e. The van der Waals surface area contributed by atoms with Crippen molar-refractivity contribution in [1.29, 1.82) is 5.26 Å². The summed E-state index contributed by atoms with van der Waals surface area (Å²) < 4.78 is 17.3. The van der Waals surface area contributed by atoms with E-state index in [1.165, 1.54) is 11.1 Å². The zero-order valence-electron chi connectivity index (χ0n) is 17.1. The number of anilines is 1. The molecule has 0 bridgehead atoms.